The molecule has 120 valence electrons. The van der Waals surface area contributed by atoms with Gasteiger partial charge in [-0.3, -0.25) is 0 Å². The van der Waals surface area contributed by atoms with E-state index < -0.39 is 15.9 Å². The van der Waals surface area contributed by atoms with Crippen LogP contribution in [0.25, 0.3) is 0 Å². The molecular formula is C14H30FGeO3Zr-. The molecule has 6 heteroatoms. The molecule has 0 aliphatic rings. The van der Waals surface area contributed by atoms with Gasteiger partial charge in [0, 0.05) is 44.5 Å². The first kappa shape index (κ1) is 28.7. The zero-order valence-corrected chi connectivity index (χ0v) is 18.9. The number of hydrogen-bond donors (Lipinski definition) is 3. The Kier molecular flexibility index (Phi) is 31.4. The maximum atomic E-state index is 11.7. The van der Waals surface area contributed by atoms with Gasteiger partial charge < -0.3 is 15.3 Å². The van der Waals surface area contributed by atoms with Crippen molar-refractivity contribution in [3.63, 3.8) is 0 Å². The fourth-order valence-corrected chi connectivity index (χ4v) is 1.45. The third-order valence-corrected chi connectivity index (χ3v) is 2.52. The van der Waals surface area contributed by atoms with Gasteiger partial charge in [-0.05, 0) is 41.5 Å². The van der Waals surface area contributed by atoms with E-state index in [1.807, 2.05) is 24.3 Å². The van der Waals surface area contributed by atoms with Gasteiger partial charge >= 0.3 is 48.1 Å². The molecule has 0 fully saturated rings. The van der Waals surface area contributed by atoms with Crippen molar-refractivity contribution in [3.8, 4) is 0 Å². The fourth-order valence-electron chi connectivity index (χ4n) is 0.503. The fraction of sp³-hybridized carbons (Fsp3) is 0.643. The molecule has 1 rings (SSSR count). The summed E-state index contributed by atoms with van der Waals surface area (Å²) in [6.07, 6.45) is -0.500. The van der Waals surface area contributed by atoms with E-state index >= 15 is 0 Å². The van der Waals surface area contributed by atoms with Gasteiger partial charge in [0.05, 0.1) is 0 Å². The molecule has 0 aromatic heterocycles. The van der Waals surface area contributed by atoms with Gasteiger partial charge in [0.15, 0.2) is 0 Å². The zero-order chi connectivity index (χ0) is 15.8. The summed E-state index contributed by atoms with van der Waals surface area (Å²) in [7, 11) is 0. The average molecular weight is 429 g/mol. The standard InChI is InChI=1S/C5H6FGe.3C3H8O.Zr/c6-7-5-3-1-2-4-5;3*1-3(2)4;/h1-4H,7H2;3*3-4H,1-2H3;/q-1;;;;. The first-order valence-corrected chi connectivity index (χ1v) is 9.04. The molecule has 0 atom stereocenters. The van der Waals surface area contributed by atoms with Crippen LogP contribution in [0.3, 0.4) is 0 Å². The van der Waals surface area contributed by atoms with E-state index in [9.17, 15) is 3.50 Å². The molecule has 0 heterocycles. The van der Waals surface area contributed by atoms with Crippen molar-refractivity contribution < 1.29 is 45.0 Å². The van der Waals surface area contributed by atoms with Crippen molar-refractivity contribution in [2.24, 2.45) is 0 Å². The SMILES string of the molecule is CC(C)O.CC(C)O.CC(C)O.[F][GeH2][c-]1cccc1.[Zr]. The van der Waals surface area contributed by atoms with Gasteiger partial charge in [-0.25, -0.2) is 0 Å². The Balaban J connectivity index is -0.0000000881. The van der Waals surface area contributed by atoms with Crippen molar-refractivity contribution in [2.45, 2.75) is 59.9 Å². The Morgan fingerprint density at radius 2 is 1.00 bits per heavy atom. The number of hydrogen-bond acceptors (Lipinski definition) is 3. The Morgan fingerprint density at radius 1 is 0.800 bits per heavy atom. The van der Waals surface area contributed by atoms with E-state index in [1.165, 1.54) is 0 Å². The monoisotopic (exact) mass is 429 g/mol. The van der Waals surface area contributed by atoms with Crippen LogP contribution in [-0.2, 0) is 26.2 Å². The Labute approximate surface area is 149 Å². The molecular weight excluding hydrogens is 399 g/mol. The van der Waals surface area contributed by atoms with Crippen LogP contribution >= 0.6 is 0 Å². The van der Waals surface area contributed by atoms with E-state index in [1.54, 1.807) is 41.5 Å². The second-order valence-electron chi connectivity index (χ2n) is 4.71. The normalized spacial score (nSPS) is 9.25. The van der Waals surface area contributed by atoms with Crippen LogP contribution in [0, 0.1) is 0 Å². The Morgan fingerprint density at radius 3 is 1.10 bits per heavy atom. The van der Waals surface area contributed by atoms with Gasteiger partial charge in [0.2, 0.25) is 0 Å². The molecule has 1 aromatic rings. The quantitative estimate of drug-likeness (QED) is 0.465. The molecule has 0 aliphatic carbocycles. The van der Waals surface area contributed by atoms with Gasteiger partial charge in [0.25, 0.3) is 0 Å². The molecule has 0 bridgehead atoms. The third kappa shape index (κ3) is 62.6. The molecule has 20 heavy (non-hydrogen) atoms. The summed E-state index contributed by atoms with van der Waals surface area (Å²) < 4.78 is 12.7. The molecule has 1 aromatic carbocycles. The molecule has 0 aliphatic heterocycles. The number of aliphatic hydroxyl groups excluding tert-OH is 3. The van der Waals surface area contributed by atoms with Gasteiger partial charge in [0.1, 0.15) is 0 Å². The molecule has 0 spiro atoms. The topological polar surface area (TPSA) is 60.7 Å². The van der Waals surface area contributed by atoms with E-state index in [0.29, 0.717) is 0 Å². The second-order valence-corrected chi connectivity index (χ2v) is 6.98. The van der Waals surface area contributed by atoms with Crippen LogP contribution in [0.4, 0.5) is 3.50 Å². The molecule has 0 saturated heterocycles. The van der Waals surface area contributed by atoms with Crippen molar-refractivity contribution in [2.75, 3.05) is 0 Å². The first-order chi connectivity index (χ1) is 8.63. The van der Waals surface area contributed by atoms with Gasteiger partial charge in [-0.1, -0.05) is 0 Å². The average Bonchev–Trinajstić information content (AvgIpc) is 2.66. The molecule has 0 radical (unpaired) electrons. The summed E-state index contributed by atoms with van der Waals surface area (Å²) in [6, 6.07) is 7.44. The van der Waals surface area contributed by atoms with Crippen LogP contribution in [-0.4, -0.2) is 49.5 Å². The summed E-state index contributed by atoms with van der Waals surface area (Å²) in [6.45, 7) is 10.3. The minimum absolute atomic E-state index is 0. The Bertz CT molecular complexity index is 220. The summed E-state index contributed by atoms with van der Waals surface area (Å²) in [5, 5.41) is 24.2. The second kappa shape index (κ2) is 21.9. The van der Waals surface area contributed by atoms with Crippen molar-refractivity contribution in [1.29, 1.82) is 0 Å². The summed E-state index contributed by atoms with van der Waals surface area (Å²) in [4.78, 5) is 0. The first-order valence-electron chi connectivity index (χ1n) is 6.44. The Hall–Kier alpha value is 0.586. The molecule has 3 nitrogen and oxygen atoms in total. The van der Waals surface area contributed by atoms with Crippen LogP contribution < -0.4 is 4.40 Å². The summed E-state index contributed by atoms with van der Waals surface area (Å²) in [5.41, 5.74) is 0. The maximum Gasteiger partial charge on any atom is 0 e. The van der Waals surface area contributed by atoms with Gasteiger partial charge in [-0.15, -0.1) is 0 Å². The molecule has 0 saturated carbocycles. The molecule has 0 amide bonds. The van der Waals surface area contributed by atoms with Crippen LogP contribution in [0.15, 0.2) is 24.3 Å². The molecule has 3 N–H and O–H groups in total. The minimum atomic E-state index is -1.73. The van der Waals surface area contributed by atoms with Gasteiger partial charge in [-0.2, -0.15) is 0 Å². The predicted octanol–water partition coefficient (Wildman–Crippen LogP) is 1.24. The number of halogens is 1. The minimum Gasteiger partial charge on any atom is 0 e. The summed E-state index contributed by atoms with van der Waals surface area (Å²) in [5.74, 6) is 0. The van der Waals surface area contributed by atoms with Crippen LogP contribution in [0.2, 0.25) is 0 Å². The summed E-state index contributed by atoms with van der Waals surface area (Å²) >= 11 is -1.73. The van der Waals surface area contributed by atoms with Crippen LogP contribution in [0.5, 0.6) is 0 Å². The van der Waals surface area contributed by atoms with E-state index in [4.69, 9.17) is 15.3 Å². The third-order valence-electron chi connectivity index (χ3n) is 0.886. The molecule has 0 unspecified atom stereocenters. The largest absolute Gasteiger partial charge is 0 e. The van der Waals surface area contributed by atoms with Crippen molar-refractivity contribution >= 4 is 20.3 Å². The van der Waals surface area contributed by atoms with E-state index in [2.05, 4.69) is 0 Å². The smallest absolute Gasteiger partial charge is 0 e. The number of rotatable bonds is 1. The van der Waals surface area contributed by atoms with E-state index in [-0.39, 0.29) is 44.5 Å². The maximum absolute atomic E-state index is 11.7. The zero-order valence-electron chi connectivity index (χ0n) is 13.5. The van der Waals surface area contributed by atoms with Crippen LogP contribution in [0.1, 0.15) is 41.5 Å². The van der Waals surface area contributed by atoms with Crippen molar-refractivity contribution in [3.05, 3.63) is 24.3 Å². The predicted molar refractivity (Wildman–Crippen MR) is 83.4 cm³/mol. The number of aliphatic hydroxyl groups is 3. The van der Waals surface area contributed by atoms with E-state index in [0.717, 1.165) is 4.40 Å². The van der Waals surface area contributed by atoms with Crippen molar-refractivity contribution in [1.82, 2.24) is 0 Å².